The SMILES string of the molecule is CCO[C@H]1CN(c2nc(-c3ncccc3F)c(C(=O)O)s2)CC[C@H]1NC(=O)c1cc(Cl)c(C)[nH]1. The van der Waals surface area contributed by atoms with Gasteiger partial charge in [-0.05, 0) is 38.5 Å². The molecule has 1 aliphatic rings. The molecule has 0 unspecified atom stereocenters. The Morgan fingerprint density at radius 1 is 1.44 bits per heavy atom. The lowest BCUT2D eigenvalue weighted by Gasteiger charge is -2.38. The van der Waals surface area contributed by atoms with E-state index in [-0.39, 0.29) is 34.3 Å². The largest absolute Gasteiger partial charge is 0.477 e. The van der Waals surface area contributed by atoms with Crippen molar-refractivity contribution in [3.8, 4) is 11.4 Å². The summed E-state index contributed by atoms with van der Waals surface area (Å²) in [5, 5.41) is 13.6. The number of halogens is 2. The number of hydrogen-bond acceptors (Lipinski definition) is 7. The van der Waals surface area contributed by atoms with Crippen LogP contribution in [-0.2, 0) is 4.74 Å². The van der Waals surface area contributed by atoms with Crippen molar-refractivity contribution in [2.24, 2.45) is 0 Å². The molecule has 0 saturated carbocycles. The number of nitrogens with one attached hydrogen (secondary N) is 2. The maximum absolute atomic E-state index is 14.3. The highest BCUT2D eigenvalue weighted by Gasteiger charge is 2.34. The predicted molar refractivity (Wildman–Crippen MR) is 126 cm³/mol. The number of hydrogen-bond donors (Lipinski definition) is 3. The highest BCUT2D eigenvalue weighted by molar-refractivity contribution is 7.17. The summed E-state index contributed by atoms with van der Waals surface area (Å²) < 4.78 is 20.2. The molecule has 0 radical (unpaired) electrons. The minimum absolute atomic E-state index is 0.00650. The second kappa shape index (κ2) is 10.1. The molecule has 1 amide bonds. The maximum Gasteiger partial charge on any atom is 0.348 e. The molecule has 1 aliphatic heterocycles. The van der Waals surface area contributed by atoms with Crippen LogP contribution < -0.4 is 10.2 Å². The number of thiazole rings is 1. The molecule has 12 heteroatoms. The van der Waals surface area contributed by atoms with E-state index in [4.69, 9.17) is 16.3 Å². The fraction of sp³-hybridized carbons (Fsp3) is 0.364. The van der Waals surface area contributed by atoms with Gasteiger partial charge in [-0.1, -0.05) is 22.9 Å². The van der Waals surface area contributed by atoms with Crippen molar-refractivity contribution in [2.45, 2.75) is 32.4 Å². The normalized spacial score (nSPS) is 18.2. The van der Waals surface area contributed by atoms with E-state index in [1.54, 1.807) is 13.0 Å². The van der Waals surface area contributed by atoms with Gasteiger partial charge in [-0.2, -0.15) is 0 Å². The number of pyridine rings is 1. The number of ether oxygens (including phenoxy) is 1. The van der Waals surface area contributed by atoms with E-state index in [0.29, 0.717) is 47.7 Å². The molecule has 0 aromatic carbocycles. The summed E-state index contributed by atoms with van der Waals surface area (Å²) in [4.78, 5) is 37.7. The molecule has 0 spiro atoms. The number of amides is 1. The Morgan fingerprint density at radius 2 is 2.24 bits per heavy atom. The molecule has 2 atom stereocenters. The number of carboxylic acids is 1. The number of nitrogens with zero attached hydrogens (tertiary/aromatic N) is 3. The van der Waals surface area contributed by atoms with Crippen molar-refractivity contribution in [3.63, 3.8) is 0 Å². The Bertz CT molecular complexity index is 1200. The number of carboxylic acid groups (broad SMARTS) is 1. The van der Waals surface area contributed by atoms with Crippen LogP contribution in [0, 0.1) is 12.7 Å². The number of aromatic amines is 1. The molecular formula is C22H23ClFN5O4S. The van der Waals surface area contributed by atoms with Crippen LogP contribution in [0.5, 0.6) is 0 Å². The van der Waals surface area contributed by atoms with E-state index in [2.05, 4.69) is 20.3 Å². The zero-order valence-corrected chi connectivity index (χ0v) is 20.0. The molecule has 4 rings (SSSR count). The Labute approximate surface area is 203 Å². The predicted octanol–water partition coefficient (Wildman–Crippen LogP) is 3.75. The van der Waals surface area contributed by atoms with Crippen LogP contribution >= 0.6 is 22.9 Å². The zero-order valence-electron chi connectivity index (χ0n) is 18.5. The molecule has 34 heavy (non-hydrogen) atoms. The first-order valence-corrected chi connectivity index (χ1v) is 11.9. The van der Waals surface area contributed by atoms with E-state index in [0.717, 1.165) is 11.3 Å². The van der Waals surface area contributed by atoms with Crippen LogP contribution in [0.15, 0.2) is 24.4 Å². The van der Waals surface area contributed by atoms with Gasteiger partial charge in [0.1, 0.15) is 22.0 Å². The van der Waals surface area contributed by atoms with Gasteiger partial charge in [-0.25, -0.2) is 14.2 Å². The van der Waals surface area contributed by atoms with Crippen molar-refractivity contribution >= 4 is 39.9 Å². The van der Waals surface area contributed by atoms with Gasteiger partial charge >= 0.3 is 5.97 Å². The van der Waals surface area contributed by atoms with Gasteiger partial charge in [-0.15, -0.1) is 0 Å². The number of piperidine rings is 1. The highest BCUT2D eigenvalue weighted by Crippen LogP contribution is 2.35. The van der Waals surface area contributed by atoms with Gasteiger partial charge in [0.25, 0.3) is 5.91 Å². The molecule has 3 N–H and O–H groups in total. The van der Waals surface area contributed by atoms with Crippen molar-refractivity contribution in [1.82, 2.24) is 20.3 Å². The van der Waals surface area contributed by atoms with E-state index in [9.17, 15) is 19.1 Å². The third kappa shape index (κ3) is 4.91. The molecule has 0 aliphatic carbocycles. The second-order valence-electron chi connectivity index (χ2n) is 7.78. The van der Waals surface area contributed by atoms with E-state index >= 15 is 0 Å². The summed E-state index contributed by atoms with van der Waals surface area (Å²) >= 11 is 7.01. The standard InChI is InChI=1S/C22H23ClFN5O4S/c1-3-33-16-10-29(8-6-14(16)27-20(30)15-9-12(23)11(2)26-15)22-28-18(19(34-22)21(31)32)17-13(24)5-4-7-25-17/h4-5,7,9,14,16,26H,3,6,8,10H2,1-2H3,(H,27,30)(H,31,32)/t14-,16+/m1/s1. The van der Waals surface area contributed by atoms with E-state index in [1.807, 2.05) is 11.8 Å². The molecular weight excluding hydrogens is 485 g/mol. The van der Waals surface area contributed by atoms with E-state index < -0.39 is 11.8 Å². The van der Waals surface area contributed by atoms with Crippen molar-refractivity contribution in [2.75, 3.05) is 24.6 Å². The number of rotatable bonds is 7. The fourth-order valence-electron chi connectivity index (χ4n) is 3.85. The van der Waals surface area contributed by atoms with Gasteiger partial charge < -0.3 is 25.0 Å². The molecule has 3 aromatic rings. The first-order chi connectivity index (χ1) is 16.3. The van der Waals surface area contributed by atoms with Gasteiger partial charge in [-0.3, -0.25) is 9.78 Å². The first-order valence-electron chi connectivity index (χ1n) is 10.7. The molecule has 180 valence electrons. The average Bonchev–Trinajstić information content (AvgIpc) is 3.39. The summed E-state index contributed by atoms with van der Waals surface area (Å²) in [6.45, 7) is 4.95. The summed E-state index contributed by atoms with van der Waals surface area (Å²) in [5.74, 6) is -2.13. The number of H-pyrrole nitrogens is 1. The lowest BCUT2D eigenvalue weighted by molar-refractivity contribution is 0.0272. The molecule has 3 aromatic heterocycles. The minimum Gasteiger partial charge on any atom is -0.477 e. The third-order valence-electron chi connectivity index (χ3n) is 5.52. The quantitative estimate of drug-likeness (QED) is 0.445. The first kappa shape index (κ1) is 24.1. The summed E-state index contributed by atoms with van der Waals surface area (Å²) in [5.41, 5.74) is 0.966. The second-order valence-corrected chi connectivity index (χ2v) is 9.16. The van der Waals surface area contributed by atoms with Crippen LogP contribution in [-0.4, -0.2) is 63.8 Å². The Kier molecular flexibility index (Phi) is 7.15. The lowest BCUT2D eigenvalue weighted by atomic mass is 10.0. The fourth-order valence-corrected chi connectivity index (χ4v) is 4.95. The number of aromatic nitrogens is 3. The Morgan fingerprint density at radius 3 is 2.88 bits per heavy atom. The summed E-state index contributed by atoms with van der Waals surface area (Å²) in [6, 6.07) is 3.96. The number of aryl methyl sites for hydroxylation is 1. The molecule has 9 nitrogen and oxygen atoms in total. The molecule has 4 heterocycles. The van der Waals surface area contributed by atoms with Gasteiger partial charge in [0.2, 0.25) is 0 Å². The van der Waals surface area contributed by atoms with Gasteiger partial charge in [0.05, 0.1) is 17.2 Å². The zero-order chi connectivity index (χ0) is 24.4. The molecule has 0 bridgehead atoms. The number of carbonyl (C=O) groups excluding carboxylic acids is 1. The number of anilines is 1. The Hall–Kier alpha value is -3.02. The third-order valence-corrected chi connectivity index (χ3v) is 7.01. The van der Waals surface area contributed by atoms with Gasteiger partial charge in [0, 0.05) is 31.6 Å². The smallest absolute Gasteiger partial charge is 0.348 e. The molecule has 1 fully saturated rings. The minimum atomic E-state index is -1.20. The van der Waals surface area contributed by atoms with Crippen LogP contribution in [0.3, 0.4) is 0 Å². The average molecular weight is 508 g/mol. The Balaban J connectivity index is 1.54. The molecule has 1 saturated heterocycles. The maximum atomic E-state index is 14.3. The van der Waals surface area contributed by atoms with Gasteiger partial charge in [0.15, 0.2) is 10.9 Å². The van der Waals surface area contributed by atoms with Crippen molar-refractivity contribution in [3.05, 3.63) is 51.5 Å². The topological polar surface area (TPSA) is 120 Å². The summed E-state index contributed by atoms with van der Waals surface area (Å²) in [6.07, 6.45) is 1.57. The van der Waals surface area contributed by atoms with Crippen LogP contribution in [0.4, 0.5) is 9.52 Å². The van der Waals surface area contributed by atoms with Crippen LogP contribution in [0.1, 0.15) is 39.2 Å². The van der Waals surface area contributed by atoms with E-state index in [1.165, 1.54) is 18.3 Å². The van der Waals surface area contributed by atoms with Crippen molar-refractivity contribution < 1.29 is 23.8 Å². The van der Waals surface area contributed by atoms with Crippen LogP contribution in [0.2, 0.25) is 5.02 Å². The monoisotopic (exact) mass is 507 g/mol. The number of carbonyl (C=O) groups is 2. The highest BCUT2D eigenvalue weighted by atomic mass is 35.5. The van der Waals surface area contributed by atoms with Crippen LogP contribution in [0.25, 0.3) is 11.4 Å². The summed E-state index contributed by atoms with van der Waals surface area (Å²) in [7, 11) is 0. The number of aromatic carboxylic acids is 1. The van der Waals surface area contributed by atoms with Crippen molar-refractivity contribution in [1.29, 1.82) is 0 Å². The lowest BCUT2D eigenvalue weighted by Crippen LogP contribution is -2.55.